The maximum atomic E-state index is 13.5. The number of hydrogen-bond acceptors (Lipinski definition) is 4. The molecule has 0 atom stereocenters. The van der Waals surface area contributed by atoms with E-state index in [-0.39, 0.29) is 20.5 Å². The summed E-state index contributed by atoms with van der Waals surface area (Å²) >= 11 is 6.86. The Morgan fingerprint density at radius 2 is 2.11 bits per heavy atom. The molecule has 2 aromatic rings. The molecule has 0 amide bonds. The topological polar surface area (TPSA) is 66.4 Å². The predicted molar refractivity (Wildman–Crippen MR) is 72.5 cm³/mol. The summed E-state index contributed by atoms with van der Waals surface area (Å²) in [4.78, 5) is 0.194. The maximum Gasteiger partial charge on any atom is 0.263 e. The molecular formula is C11H9ClFNO3S2. The van der Waals surface area contributed by atoms with Gasteiger partial charge in [-0.2, -0.15) is 0 Å². The van der Waals surface area contributed by atoms with Crippen LogP contribution in [-0.4, -0.2) is 13.5 Å². The lowest BCUT2D eigenvalue weighted by atomic mass is 10.3. The van der Waals surface area contributed by atoms with Gasteiger partial charge in [0.25, 0.3) is 10.0 Å². The number of sulfonamides is 1. The molecule has 0 unspecified atom stereocenters. The molecule has 0 radical (unpaired) electrons. The van der Waals surface area contributed by atoms with Gasteiger partial charge in [0, 0.05) is 0 Å². The fraction of sp³-hybridized carbons (Fsp3) is 0.0909. The van der Waals surface area contributed by atoms with Crippen LogP contribution in [0.1, 0.15) is 4.88 Å². The van der Waals surface area contributed by atoms with E-state index in [9.17, 15) is 12.8 Å². The molecule has 1 aromatic carbocycles. The lowest BCUT2D eigenvalue weighted by molar-refractivity contribution is 0.282. The smallest absolute Gasteiger partial charge is 0.263 e. The van der Waals surface area contributed by atoms with Gasteiger partial charge in [-0.3, -0.25) is 4.72 Å². The average Bonchev–Trinajstić information content (AvgIpc) is 2.83. The number of aliphatic hydroxyl groups is 1. The fourth-order valence-corrected chi connectivity index (χ4v) is 4.12. The summed E-state index contributed by atoms with van der Waals surface area (Å²) in [7, 11) is -3.98. The molecule has 19 heavy (non-hydrogen) atoms. The van der Waals surface area contributed by atoms with Gasteiger partial charge in [0.2, 0.25) is 0 Å². The number of benzene rings is 1. The second-order valence-corrected chi connectivity index (χ2v) is 6.63. The van der Waals surface area contributed by atoms with Gasteiger partial charge >= 0.3 is 0 Å². The van der Waals surface area contributed by atoms with Crippen LogP contribution in [0.4, 0.5) is 10.1 Å². The summed E-state index contributed by atoms with van der Waals surface area (Å²) in [5.74, 6) is -0.767. The van der Waals surface area contributed by atoms with Crippen LogP contribution in [0.2, 0.25) is 5.02 Å². The Hall–Kier alpha value is -1.15. The highest BCUT2D eigenvalue weighted by Crippen LogP contribution is 2.29. The van der Waals surface area contributed by atoms with Gasteiger partial charge in [0.05, 0.1) is 16.5 Å². The van der Waals surface area contributed by atoms with Crippen LogP contribution >= 0.6 is 22.9 Å². The Balaban J connectivity index is 2.43. The molecule has 0 fully saturated rings. The van der Waals surface area contributed by atoms with Gasteiger partial charge in [-0.1, -0.05) is 17.7 Å². The van der Waals surface area contributed by atoms with Gasteiger partial charge in [-0.25, -0.2) is 12.8 Å². The van der Waals surface area contributed by atoms with Gasteiger partial charge < -0.3 is 5.11 Å². The molecule has 1 aromatic heterocycles. The van der Waals surface area contributed by atoms with Crippen molar-refractivity contribution in [1.29, 1.82) is 0 Å². The van der Waals surface area contributed by atoms with Crippen LogP contribution < -0.4 is 4.72 Å². The first-order valence-corrected chi connectivity index (χ1v) is 7.84. The van der Waals surface area contributed by atoms with E-state index in [1.807, 2.05) is 0 Å². The van der Waals surface area contributed by atoms with Crippen molar-refractivity contribution in [3.8, 4) is 0 Å². The SMILES string of the molecule is O=S(=O)(Nc1c(F)cccc1Cl)c1ccsc1CO. The average molecular weight is 322 g/mol. The van der Waals surface area contributed by atoms with Crippen molar-refractivity contribution < 1.29 is 17.9 Å². The zero-order valence-electron chi connectivity index (χ0n) is 9.43. The number of aliphatic hydroxyl groups excluding tert-OH is 1. The first-order chi connectivity index (χ1) is 8.95. The summed E-state index contributed by atoms with van der Waals surface area (Å²) < 4.78 is 39.9. The maximum absolute atomic E-state index is 13.5. The molecule has 0 aliphatic carbocycles. The van der Waals surface area contributed by atoms with E-state index in [2.05, 4.69) is 4.72 Å². The zero-order chi connectivity index (χ0) is 14.0. The van der Waals surface area contributed by atoms with Crippen molar-refractivity contribution >= 4 is 38.6 Å². The zero-order valence-corrected chi connectivity index (χ0v) is 11.8. The Morgan fingerprint density at radius 3 is 2.74 bits per heavy atom. The molecule has 0 saturated heterocycles. The molecule has 102 valence electrons. The van der Waals surface area contributed by atoms with Crippen molar-refractivity contribution in [3.05, 3.63) is 45.4 Å². The minimum absolute atomic E-state index is 0.0376. The summed E-state index contributed by atoms with van der Waals surface area (Å²) in [5.41, 5.74) is -0.306. The van der Waals surface area contributed by atoms with E-state index < -0.39 is 22.4 Å². The minimum atomic E-state index is -3.98. The third-order valence-corrected chi connectivity index (χ3v) is 5.12. The van der Waals surface area contributed by atoms with Crippen molar-refractivity contribution in [2.24, 2.45) is 0 Å². The van der Waals surface area contributed by atoms with E-state index in [0.717, 1.165) is 17.4 Å². The van der Waals surface area contributed by atoms with Crippen molar-refractivity contribution in [1.82, 2.24) is 0 Å². The first kappa shape index (κ1) is 14.3. The van der Waals surface area contributed by atoms with E-state index in [0.29, 0.717) is 0 Å². The molecule has 0 spiro atoms. The molecule has 8 heteroatoms. The third kappa shape index (κ3) is 2.89. The van der Waals surface area contributed by atoms with Gasteiger partial charge in [-0.15, -0.1) is 11.3 Å². The lowest BCUT2D eigenvalue weighted by Crippen LogP contribution is -2.15. The highest BCUT2D eigenvalue weighted by molar-refractivity contribution is 7.93. The van der Waals surface area contributed by atoms with Crippen molar-refractivity contribution in [2.45, 2.75) is 11.5 Å². The molecule has 0 aliphatic heterocycles. The Bertz CT molecular complexity index is 679. The number of hydrogen-bond donors (Lipinski definition) is 2. The van der Waals surface area contributed by atoms with Crippen molar-refractivity contribution in [2.75, 3.05) is 4.72 Å². The van der Waals surface area contributed by atoms with Gasteiger partial charge in [-0.05, 0) is 23.6 Å². The van der Waals surface area contributed by atoms with Crippen LogP contribution in [0.15, 0.2) is 34.5 Å². The van der Waals surface area contributed by atoms with Crippen LogP contribution in [0, 0.1) is 5.82 Å². The quantitative estimate of drug-likeness (QED) is 0.910. The Kier molecular flexibility index (Phi) is 4.10. The normalized spacial score (nSPS) is 11.5. The molecule has 0 bridgehead atoms. The fourth-order valence-electron chi connectivity index (χ4n) is 1.47. The minimum Gasteiger partial charge on any atom is -0.391 e. The molecule has 4 nitrogen and oxygen atoms in total. The van der Waals surface area contributed by atoms with E-state index in [1.54, 1.807) is 0 Å². The van der Waals surface area contributed by atoms with Crippen LogP contribution in [-0.2, 0) is 16.6 Å². The first-order valence-electron chi connectivity index (χ1n) is 5.10. The number of thiophene rings is 1. The van der Waals surface area contributed by atoms with Crippen LogP contribution in [0.5, 0.6) is 0 Å². The van der Waals surface area contributed by atoms with E-state index in [4.69, 9.17) is 16.7 Å². The Morgan fingerprint density at radius 1 is 1.37 bits per heavy atom. The molecule has 2 N–H and O–H groups in total. The number of nitrogens with one attached hydrogen (secondary N) is 1. The molecular weight excluding hydrogens is 313 g/mol. The van der Waals surface area contributed by atoms with E-state index >= 15 is 0 Å². The molecule has 1 heterocycles. The third-order valence-electron chi connectivity index (χ3n) is 2.34. The van der Waals surface area contributed by atoms with Crippen LogP contribution in [0.3, 0.4) is 0 Å². The summed E-state index contributed by atoms with van der Waals surface area (Å²) in [5, 5.41) is 10.6. The number of anilines is 1. The summed E-state index contributed by atoms with van der Waals surface area (Å²) in [6, 6.07) is 5.19. The largest absolute Gasteiger partial charge is 0.391 e. The van der Waals surface area contributed by atoms with Gasteiger partial charge in [0.15, 0.2) is 0 Å². The second-order valence-electron chi connectivity index (χ2n) is 3.57. The van der Waals surface area contributed by atoms with Crippen LogP contribution in [0.25, 0.3) is 0 Å². The molecule has 2 rings (SSSR count). The highest BCUT2D eigenvalue weighted by atomic mass is 35.5. The predicted octanol–water partition coefficient (Wildman–Crippen LogP) is 2.83. The van der Waals surface area contributed by atoms with Crippen molar-refractivity contribution in [3.63, 3.8) is 0 Å². The molecule has 0 saturated carbocycles. The second kappa shape index (κ2) is 5.46. The Labute approximate surface area is 118 Å². The number of halogens is 2. The van der Waals surface area contributed by atoms with Gasteiger partial charge in [0.1, 0.15) is 16.4 Å². The highest BCUT2D eigenvalue weighted by Gasteiger charge is 2.22. The summed E-state index contributed by atoms with van der Waals surface area (Å²) in [6.07, 6.45) is 0. The van der Waals surface area contributed by atoms with E-state index in [1.165, 1.54) is 23.6 Å². The summed E-state index contributed by atoms with van der Waals surface area (Å²) in [6.45, 7) is -0.404. The number of para-hydroxylation sites is 1. The molecule has 0 aliphatic rings. The number of rotatable bonds is 4. The lowest BCUT2D eigenvalue weighted by Gasteiger charge is -2.10. The standard InChI is InChI=1S/C11H9ClFNO3S2/c12-7-2-1-3-8(13)11(7)14-19(16,17)10-4-5-18-9(10)6-15/h1-5,14-15H,6H2. The monoisotopic (exact) mass is 321 g/mol.